The molecule has 2 fully saturated rings. The lowest BCUT2D eigenvalue weighted by atomic mass is 10.1. The average Bonchev–Trinajstić information content (AvgIpc) is 3.68. The third-order valence-corrected chi connectivity index (χ3v) is 7.69. The van der Waals surface area contributed by atoms with E-state index in [0.717, 1.165) is 4.90 Å². The second kappa shape index (κ2) is 17.8. The molecule has 45 heavy (non-hydrogen) atoms. The smallest absolute Gasteiger partial charge is 0.326 e. The highest BCUT2D eigenvalue weighted by atomic mass is 16.4. The molecular weight excluding hydrogens is 598 g/mol. The predicted octanol–water partition coefficient (Wildman–Crippen LogP) is -3.07. The molecule has 5 amide bonds. The van der Waals surface area contributed by atoms with Crippen LogP contribution in [0.15, 0.2) is 0 Å². The summed E-state index contributed by atoms with van der Waals surface area (Å²) < 4.78 is 0. The second-order valence-electron chi connectivity index (χ2n) is 11.0. The van der Waals surface area contributed by atoms with Gasteiger partial charge in [0.2, 0.25) is 29.5 Å². The monoisotopic (exact) mass is 641 g/mol. The Kier molecular flexibility index (Phi) is 14.6. The first kappa shape index (κ1) is 36.9. The molecule has 18 heteroatoms. The van der Waals surface area contributed by atoms with Crippen molar-refractivity contribution in [3.63, 3.8) is 0 Å². The number of unbranched alkanes of at least 4 members (excludes halogenated alkanes) is 1. The van der Waals surface area contributed by atoms with Crippen molar-refractivity contribution >= 4 is 47.4 Å². The highest BCUT2D eigenvalue weighted by molar-refractivity contribution is 5.96. The molecule has 0 spiro atoms. The fourth-order valence-electron chi connectivity index (χ4n) is 5.31. The maximum absolute atomic E-state index is 13.2. The number of likely N-dealkylation sites (tertiary alicyclic amines) is 2. The lowest BCUT2D eigenvalue weighted by molar-refractivity contribution is -0.151. The number of aliphatic carboxylic acids is 3. The Morgan fingerprint density at radius 3 is 2.02 bits per heavy atom. The molecule has 2 heterocycles. The Labute approximate surface area is 259 Å². The van der Waals surface area contributed by atoms with Gasteiger partial charge in [-0.1, -0.05) is 0 Å². The van der Waals surface area contributed by atoms with Crippen molar-refractivity contribution in [3.8, 4) is 0 Å². The summed E-state index contributed by atoms with van der Waals surface area (Å²) in [5.41, 5.74) is 11.3. The van der Waals surface area contributed by atoms with Crippen LogP contribution in [-0.2, 0) is 38.4 Å². The Morgan fingerprint density at radius 2 is 1.42 bits per heavy atom. The molecule has 10 N–H and O–H groups in total. The summed E-state index contributed by atoms with van der Waals surface area (Å²) in [6, 6.07) is -6.02. The van der Waals surface area contributed by atoms with Crippen LogP contribution < -0.4 is 27.4 Å². The lowest BCUT2D eigenvalue weighted by Gasteiger charge is -2.29. The minimum atomic E-state index is -1.55. The molecule has 2 saturated heterocycles. The minimum Gasteiger partial charge on any atom is -0.481 e. The Hall–Kier alpha value is -4.32. The van der Waals surface area contributed by atoms with Gasteiger partial charge in [-0.05, 0) is 57.9 Å². The first-order valence-corrected chi connectivity index (χ1v) is 14.9. The van der Waals surface area contributed by atoms with Gasteiger partial charge in [-0.2, -0.15) is 0 Å². The molecule has 252 valence electrons. The van der Waals surface area contributed by atoms with Gasteiger partial charge in [0.25, 0.3) is 0 Å². The van der Waals surface area contributed by atoms with E-state index in [1.54, 1.807) is 0 Å². The van der Waals surface area contributed by atoms with Crippen LogP contribution in [0, 0.1) is 0 Å². The number of amides is 5. The second-order valence-corrected chi connectivity index (χ2v) is 11.0. The van der Waals surface area contributed by atoms with Gasteiger partial charge in [0.15, 0.2) is 0 Å². The van der Waals surface area contributed by atoms with Crippen LogP contribution in [-0.4, -0.2) is 129 Å². The summed E-state index contributed by atoms with van der Waals surface area (Å²) in [4.78, 5) is 101. The van der Waals surface area contributed by atoms with Crippen LogP contribution in [0.3, 0.4) is 0 Å². The molecule has 0 saturated carbocycles. The molecule has 2 aliphatic rings. The van der Waals surface area contributed by atoms with Crippen molar-refractivity contribution < 1.29 is 53.7 Å². The number of nitrogens with one attached hydrogen (secondary N) is 3. The van der Waals surface area contributed by atoms with Crippen molar-refractivity contribution in [2.45, 2.75) is 94.4 Å². The molecule has 18 nitrogen and oxygen atoms in total. The molecule has 0 unspecified atom stereocenters. The summed E-state index contributed by atoms with van der Waals surface area (Å²) in [6.07, 6.45) is 1.11. The van der Waals surface area contributed by atoms with Crippen LogP contribution in [0.1, 0.15) is 64.2 Å². The van der Waals surface area contributed by atoms with Crippen molar-refractivity contribution in [3.05, 3.63) is 0 Å². The van der Waals surface area contributed by atoms with Crippen molar-refractivity contribution in [2.75, 3.05) is 26.2 Å². The molecule has 5 atom stereocenters. The lowest BCUT2D eigenvalue weighted by Crippen LogP contribution is -2.57. The number of nitrogens with two attached hydrogens (primary N) is 2. The zero-order valence-corrected chi connectivity index (χ0v) is 24.9. The number of nitrogens with zero attached hydrogens (tertiary/aromatic N) is 2. The van der Waals surface area contributed by atoms with Crippen molar-refractivity contribution in [2.24, 2.45) is 11.5 Å². The summed E-state index contributed by atoms with van der Waals surface area (Å²) in [5, 5.41) is 34.9. The van der Waals surface area contributed by atoms with Gasteiger partial charge in [-0.15, -0.1) is 0 Å². The highest BCUT2D eigenvalue weighted by Crippen LogP contribution is 2.21. The van der Waals surface area contributed by atoms with E-state index in [9.17, 15) is 48.6 Å². The van der Waals surface area contributed by atoms with E-state index >= 15 is 0 Å². The maximum Gasteiger partial charge on any atom is 0.326 e. The molecule has 0 bridgehead atoms. The normalized spacial score (nSPS) is 19.7. The molecule has 0 aromatic heterocycles. The number of hydrogen-bond acceptors (Lipinski definition) is 10. The van der Waals surface area contributed by atoms with Crippen LogP contribution >= 0.6 is 0 Å². The van der Waals surface area contributed by atoms with Crippen LogP contribution in [0.5, 0.6) is 0 Å². The quantitative estimate of drug-likeness (QED) is 0.0690. The zero-order valence-electron chi connectivity index (χ0n) is 24.9. The van der Waals surface area contributed by atoms with Gasteiger partial charge in [0.1, 0.15) is 24.2 Å². The summed E-state index contributed by atoms with van der Waals surface area (Å²) >= 11 is 0. The Balaban J connectivity index is 2.04. The van der Waals surface area contributed by atoms with Gasteiger partial charge in [0, 0.05) is 19.5 Å². The van der Waals surface area contributed by atoms with E-state index in [2.05, 4.69) is 16.0 Å². The number of hydrogen-bond donors (Lipinski definition) is 8. The molecule has 0 aromatic rings. The van der Waals surface area contributed by atoms with Gasteiger partial charge in [-0.25, -0.2) is 4.79 Å². The fourth-order valence-corrected chi connectivity index (χ4v) is 5.31. The van der Waals surface area contributed by atoms with Crippen molar-refractivity contribution in [1.29, 1.82) is 0 Å². The average molecular weight is 642 g/mol. The zero-order chi connectivity index (χ0) is 33.7. The predicted molar refractivity (Wildman–Crippen MR) is 154 cm³/mol. The SMILES string of the molecule is NCCCC[C@H](NC(=O)[C@@H](N)CCC(=O)O)C(=O)NCC(=O)N1CCC[C@H]1C(=O)N[C@@H](CC(=O)O)C(=O)N1CCC[C@H]1C(=O)O. The van der Waals surface area contributed by atoms with E-state index in [1.807, 2.05) is 0 Å². The summed E-state index contributed by atoms with van der Waals surface area (Å²) in [7, 11) is 0. The van der Waals surface area contributed by atoms with Crippen LogP contribution in [0.4, 0.5) is 0 Å². The first-order chi connectivity index (χ1) is 21.3. The van der Waals surface area contributed by atoms with E-state index in [-0.39, 0.29) is 45.2 Å². The minimum absolute atomic E-state index is 0.0947. The van der Waals surface area contributed by atoms with E-state index < -0.39 is 90.6 Å². The third-order valence-electron chi connectivity index (χ3n) is 7.69. The number of carbonyl (C=O) groups is 8. The van der Waals surface area contributed by atoms with Gasteiger partial charge < -0.3 is 52.5 Å². The fraction of sp³-hybridized carbons (Fsp3) is 0.704. The molecular formula is C27H43N7O11. The summed E-state index contributed by atoms with van der Waals surface area (Å²) in [6.45, 7) is 0.0427. The topological polar surface area (TPSA) is 292 Å². The van der Waals surface area contributed by atoms with Crippen molar-refractivity contribution in [1.82, 2.24) is 25.8 Å². The molecule has 2 rings (SSSR count). The third kappa shape index (κ3) is 11.3. The highest BCUT2D eigenvalue weighted by Gasteiger charge is 2.41. The Morgan fingerprint density at radius 1 is 0.778 bits per heavy atom. The molecule has 0 aromatic carbocycles. The van der Waals surface area contributed by atoms with Gasteiger partial charge in [-0.3, -0.25) is 33.6 Å². The van der Waals surface area contributed by atoms with E-state index in [0.29, 0.717) is 32.2 Å². The molecule has 0 aliphatic carbocycles. The first-order valence-electron chi connectivity index (χ1n) is 14.9. The molecule has 0 radical (unpaired) electrons. The molecule has 2 aliphatic heterocycles. The number of rotatable bonds is 18. The summed E-state index contributed by atoms with van der Waals surface area (Å²) in [5.74, 6) is -7.48. The van der Waals surface area contributed by atoms with Crippen LogP contribution in [0.25, 0.3) is 0 Å². The van der Waals surface area contributed by atoms with Gasteiger partial charge >= 0.3 is 17.9 Å². The number of carboxylic acids is 3. The van der Waals surface area contributed by atoms with E-state index in [1.165, 1.54) is 4.90 Å². The number of carbonyl (C=O) groups excluding carboxylic acids is 5. The standard InChI is InChI=1S/C27H43N7O11/c28-10-2-1-5-16(31-23(40)15(29)8-9-21(36)37)24(41)30-14-20(35)33-11-3-6-18(33)25(42)32-17(13-22(38)39)26(43)34-12-4-7-19(34)27(44)45/h15-19H,1-14,28-29H2,(H,30,41)(H,31,40)(H,32,42)(H,36,37)(H,38,39)(H,44,45)/t15-,16-,17-,18-,19-/m0/s1. The number of carboxylic acid groups (broad SMARTS) is 3. The Bertz CT molecular complexity index is 1130. The van der Waals surface area contributed by atoms with E-state index in [4.69, 9.17) is 16.6 Å². The maximum atomic E-state index is 13.2. The largest absolute Gasteiger partial charge is 0.481 e. The van der Waals surface area contributed by atoms with Crippen LogP contribution in [0.2, 0.25) is 0 Å². The van der Waals surface area contributed by atoms with Gasteiger partial charge in [0.05, 0.1) is 19.0 Å².